The number of imide groups is 1. The summed E-state index contributed by atoms with van der Waals surface area (Å²) in [6, 6.07) is 4.91. The Morgan fingerprint density at radius 3 is 2.47 bits per heavy atom. The molecular formula is C19H12F3N3O7. The van der Waals surface area contributed by atoms with Crippen LogP contribution in [0.2, 0.25) is 0 Å². The normalized spacial score (nSPS) is 12.5. The maximum absolute atomic E-state index is 13.5. The maximum Gasteiger partial charge on any atom is 0.308 e. The first-order valence-corrected chi connectivity index (χ1v) is 8.84. The van der Waals surface area contributed by atoms with E-state index in [1.165, 1.54) is 12.1 Å². The Labute approximate surface area is 176 Å². The van der Waals surface area contributed by atoms with Crippen molar-refractivity contribution in [3.8, 4) is 0 Å². The molecule has 1 heterocycles. The number of hydrogen-bond acceptors (Lipinski definition) is 7. The van der Waals surface area contributed by atoms with Crippen molar-refractivity contribution in [1.82, 2.24) is 4.90 Å². The van der Waals surface area contributed by atoms with Crippen molar-refractivity contribution < 1.29 is 42.0 Å². The molecule has 0 fully saturated rings. The van der Waals surface area contributed by atoms with Crippen molar-refractivity contribution in [2.75, 3.05) is 18.5 Å². The summed E-state index contributed by atoms with van der Waals surface area (Å²) >= 11 is 0. The summed E-state index contributed by atoms with van der Waals surface area (Å²) < 4.78 is 44.2. The van der Waals surface area contributed by atoms with Gasteiger partial charge in [0.05, 0.1) is 22.6 Å². The van der Waals surface area contributed by atoms with Crippen LogP contribution >= 0.6 is 0 Å². The van der Waals surface area contributed by atoms with Gasteiger partial charge in [0.15, 0.2) is 24.1 Å². The molecule has 166 valence electrons. The zero-order valence-electron chi connectivity index (χ0n) is 15.9. The fraction of sp³-hybridized carbons (Fsp3) is 0.158. The molecule has 0 atom stereocenters. The molecule has 13 heteroatoms. The molecule has 0 saturated carbocycles. The molecule has 2 aromatic carbocycles. The second-order valence-electron chi connectivity index (χ2n) is 6.40. The van der Waals surface area contributed by atoms with E-state index in [0.717, 1.165) is 12.1 Å². The number of nitrogens with one attached hydrogen (secondary N) is 1. The van der Waals surface area contributed by atoms with Gasteiger partial charge in [-0.1, -0.05) is 6.07 Å². The van der Waals surface area contributed by atoms with Gasteiger partial charge in [-0.25, -0.2) is 13.2 Å². The van der Waals surface area contributed by atoms with E-state index in [9.17, 15) is 42.5 Å². The smallest absolute Gasteiger partial charge is 0.308 e. The fourth-order valence-corrected chi connectivity index (χ4v) is 2.90. The summed E-state index contributed by atoms with van der Waals surface area (Å²) in [4.78, 5) is 59.2. The van der Waals surface area contributed by atoms with Crippen LogP contribution in [0.1, 0.15) is 27.1 Å². The Morgan fingerprint density at radius 1 is 1.06 bits per heavy atom. The van der Waals surface area contributed by atoms with Gasteiger partial charge in [-0.2, -0.15) is 0 Å². The van der Waals surface area contributed by atoms with Gasteiger partial charge in [0.25, 0.3) is 23.4 Å². The number of halogens is 3. The number of benzene rings is 2. The van der Waals surface area contributed by atoms with Crippen LogP contribution < -0.4 is 5.32 Å². The molecule has 0 bridgehead atoms. The van der Waals surface area contributed by atoms with Crippen molar-refractivity contribution >= 4 is 35.1 Å². The van der Waals surface area contributed by atoms with Crippen LogP contribution in [-0.2, 0) is 14.3 Å². The van der Waals surface area contributed by atoms with Crippen molar-refractivity contribution in [3.63, 3.8) is 0 Å². The summed E-state index contributed by atoms with van der Waals surface area (Å²) in [5.41, 5.74) is -1.78. The average molecular weight is 451 g/mol. The van der Waals surface area contributed by atoms with Gasteiger partial charge in [0.1, 0.15) is 5.56 Å². The van der Waals surface area contributed by atoms with E-state index in [2.05, 4.69) is 4.74 Å². The van der Waals surface area contributed by atoms with Gasteiger partial charge in [-0.3, -0.25) is 34.2 Å². The summed E-state index contributed by atoms with van der Waals surface area (Å²) in [5, 5.41) is 13.0. The van der Waals surface area contributed by atoms with Gasteiger partial charge >= 0.3 is 5.97 Å². The lowest BCUT2D eigenvalue weighted by atomic mass is 10.1. The monoisotopic (exact) mass is 451 g/mol. The number of hydrogen-bond donors (Lipinski definition) is 1. The minimum Gasteiger partial charge on any atom is -0.456 e. The number of rotatable bonds is 7. The summed E-state index contributed by atoms with van der Waals surface area (Å²) in [6.07, 6.45) is -0.536. The zero-order chi connectivity index (χ0) is 23.6. The number of anilines is 1. The van der Waals surface area contributed by atoms with E-state index < -0.39 is 77.0 Å². The van der Waals surface area contributed by atoms with Crippen LogP contribution in [0, 0.1) is 27.6 Å². The van der Waals surface area contributed by atoms with Crippen LogP contribution in [0.5, 0.6) is 0 Å². The van der Waals surface area contributed by atoms with Crippen molar-refractivity contribution in [3.05, 3.63) is 69.0 Å². The second kappa shape index (κ2) is 8.83. The molecule has 10 nitrogen and oxygen atoms in total. The first-order valence-electron chi connectivity index (χ1n) is 8.84. The van der Waals surface area contributed by atoms with E-state index in [0.29, 0.717) is 11.0 Å². The van der Waals surface area contributed by atoms with Crippen LogP contribution in [0.4, 0.5) is 24.5 Å². The zero-order valence-corrected chi connectivity index (χ0v) is 15.9. The highest BCUT2D eigenvalue weighted by atomic mass is 19.2. The Hall–Kier alpha value is -4.29. The number of ether oxygens (including phenoxy) is 1. The number of esters is 1. The molecule has 0 saturated heterocycles. The van der Waals surface area contributed by atoms with Gasteiger partial charge in [-0.05, 0) is 18.2 Å². The van der Waals surface area contributed by atoms with E-state index in [-0.39, 0.29) is 11.1 Å². The SMILES string of the molecule is O=C(COC(=O)CCN1C(=O)c2cccc([N+](=O)[O-])c2C1=O)Nc1ccc(F)c(F)c1F. The first-order chi connectivity index (χ1) is 15.1. The predicted octanol–water partition coefficient (Wildman–Crippen LogP) is 2.18. The van der Waals surface area contributed by atoms with Crippen molar-refractivity contribution in [2.45, 2.75) is 6.42 Å². The minimum atomic E-state index is -1.79. The van der Waals surface area contributed by atoms with Crippen molar-refractivity contribution in [2.24, 2.45) is 0 Å². The Kier molecular flexibility index (Phi) is 6.18. The van der Waals surface area contributed by atoms with Crippen LogP contribution in [0.15, 0.2) is 30.3 Å². The Bertz CT molecular complexity index is 1170. The molecule has 2 aromatic rings. The lowest BCUT2D eigenvalue weighted by Crippen LogP contribution is -2.32. The molecule has 0 aromatic heterocycles. The van der Waals surface area contributed by atoms with Gasteiger partial charge in [0.2, 0.25) is 0 Å². The molecule has 1 N–H and O–H groups in total. The second-order valence-corrected chi connectivity index (χ2v) is 6.40. The molecule has 1 aliphatic rings. The van der Waals surface area contributed by atoms with E-state index in [4.69, 9.17) is 0 Å². The molecule has 1 aliphatic heterocycles. The number of amides is 3. The molecular weight excluding hydrogens is 439 g/mol. The number of carbonyl (C=O) groups excluding carboxylic acids is 4. The van der Waals surface area contributed by atoms with Gasteiger partial charge in [0, 0.05) is 12.6 Å². The average Bonchev–Trinajstić information content (AvgIpc) is 3.01. The highest BCUT2D eigenvalue weighted by Gasteiger charge is 2.40. The summed E-state index contributed by atoms with van der Waals surface area (Å²) in [5.74, 6) is -8.72. The molecule has 0 spiro atoms. The number of nitro benzene ring substituents is 1. The highest BCUT2D eigenvalue weighted by Crippen LogP contribution is 2.30. The number of carbonyl (C=O) groups is 4. The van der Waals surface area contributed by atoms with Crippen LogP contribution in [-0.4, -0.2) is 46.7 Å². The number of nitro groups is 1. The third kappa shape index (κ3) is 4.26. The molecule has 3 amide bonds. The minimum absolute atomic E-state index is 0.175. The predicted molar refractivity (Wildman–Crippen MR) is 99.0 cm³/mol. The van der Waals surface area contributed by atoms with E-state index in [1.807, 2.05) is 5.32 Å². The lowest BCUT2D eigenvalue weighted by molar-refractivity contribution is -0.385. The molecule has 0 radical (unpaired) electrons. The topological polar surface area (TPSA) is 136 Å². The van der Waals surface area contributed by atoms with E-state index >= 15 is 0 Å². The number of nitrogens with zero attached hydrogens (tertiary/aromatic N) is 2. The Balaban J connectivity index is 1.54. The van der Waals surface area contributed by atoms with Gasteiger partial charge in [-0.15, -0.1) is 0 Å². The highest BCUT2D eigenvalue weighted by molar-refractivity contribution is 6.23. The fourth-order valence-electron chi connectivity index (χ4n) is 2.90. The quantitative estimate of drug-likeness (QED) is 0.224. The summed E-state index contributed by atoms with van der Waals surface area (Å²) in [7, 11) is 0. The maximum atomic E-state index is 13.5. The molecule has 32 heavy (non-hydrogen) atoms. The van der Waals surface area contributed by atoms with Crippen molar-refractivity contribution in [1.29, 1.82) is 0 Å². The summed E-state index contributed by atoms with van der Waals surface area (Å²) in [6.45, 7) is -1.38. The van der Waals surface area contributed by atoms with Gasteiger partial charge < -0.3 is 10.1 Å². The largest absolute Gasteiger partial charge is 0.456 e. The lowest BCUT2D eigenvalue weighted by Gasteiger charge is -2.13. The molecule has 0 unspecified atom stereocenters. The third-order valence-electron chi connectivity index (χ3n) is 4.39. The Morgan fingerprint density at radius 2 is 1.78 bits per heavy atom. The number of fused-ring (bicyclic) bond motifs is 1. The standard InChI is InChI=1S/C19H12F3N3O7/c20-10-4-5-11(17(22)16(10)21)23-13(26)8-32-14(27)6-7-24-18(28)9-2-1-3-12(25(30)31)15(9)19(24)29/h1-5H,6-8H2,(H,23,26). The third-order valence-corrected chi connectivity index (χ3v) is 4.39. The molecule has 0 aliphatic carbocycles. The van der Waals surface area contributed by atoms with Crippen LogP contribution in [0.3, 0.4) is 0 Å². The molecule has 3 rings (SSSR count). The van der Waals surface area contributed by atoms with Crippen LogP contribution in [0.25, 0.3) is 0 Å². The first kappa shape index (κ1) is 22.4. The van der Waals surface area contributed by atoms with E-state index in [1.54, 1.807) is 0 Å².